The lowest BCUT2D eigenvalue weighted by molar-refractivity contribution is -0.166. The van der Waals surface area contributed by atoms with E-state index in [1.165, 1.54) is 11.9 Å². The number of nitrogen functional groups attached to an aromatic ring is 1. The summed E-state index contributed by atoms with van der Waals surface area (Å²) in [6.07, 6.45) is 2.73. The molecule has 0 radical (unpaired) electrons. The first kappa shape index (κ1) is 22.3. The van der Waals surface area contributed by atoms with Crippen LogP contribution in [-0.4, -0.2) is 23.4 Å². The molecule has 0 saturated heterocycles. The largest absolute Gasteiger partial charge is 0.455 e. The van der Waals surface area contributed by atoms with Gasteiger partial charge < -0.3 is 20.4 Å². The van der Waals surface area contributed by atoms with Crippen LogP contribution in [0.25, 0.3) is 0 Å². The van der Waals surface area contributed by atoms with E-state index in [-0.39, 0.29) is 11.7 Å². The normalized spacial score (nSPS) is 23.4. The fourth-order valence-electron chi connectivity index (χ4n) is 3.86. The highest BCUT2D eigenvalue weighted by molar-refractivity contribution is 7.96. The van der Waals surface area contributed by atoms with Gasteiger partial charge in [-0.25, -0.2) is 4.72 Å². The number of rotatable bonds is 4. The monoisotopic (exact) mass is 428 g/mol. The number of carbonyl (C=O) groups excluding carboxylic acids is 2. The minimum atomic E-state index is -1.82. The van der Waals surface area contributed by atoms with Gasteiger partial charge in [-0.15, -0.1) is 0 Å². The summed E-state index contributed by atoms with van der Waals surface area (Å²) in [6, 6.07) is 10.8. The number of fused-ring (bicyclic) bond motifs is 5. The van der Waals surface area contributed by atoms with Crippen molar-refractivity contribution < 1.29 is 19.4 Å². The van der Waals surface area contributed by atoms with Gasteiger partial charge in [0.05, 0.1) is 5.56 Å². The molecule has 1 aliphatic carbocycles. The Hall–Kier alpha value is -2.35. The molecule has 30 heavy (non-hydrogen) atoms. The molecular formula is C23H28N2O4S. The topological polar surface area (TPSA) is 102 Å². The summed E-state index contributed by atoms with van der Waals surface area (Å²) in [5.41, 5.74) is 7.42. The van der Waals surface area contributed by atoms with Gasteiger partial charge in [0.25, 0.3) is 5.79 Å². The molecule has 0 fully saturated rings. The highest BCUT2D eigenvalue weighted by atomic mass is 32.2. The number of carbonyl (C=O) groups is 2. The lowest BCUT2D eigenvalue weighted by Crippen LogP contribution is -2.56. The number of ketones is 1. The molecule has 2 aromatic carbocycles. The quantitative estimate of drug-likeness (QED) is 0.387. The molecule has 2 unspecified atom stereocenters. The number of Topliss-reactive ketones (excluding diaryl/α,β-unsaturated/α-hetero) is 1. The van der Waals surface area contributed by atoms with E-state index in [0.717, 1.165) is 11.8 Å². The van der Waals surface area contributed by atoms with Crippen molar-refractivity contribution in [1.82, 2.24) is 4.72 Å². The zero-order valence-electron chi connectivity index (χ0n) is 17.9. The molecule has 4 N–H and O–H groups in total. The van der Waals surface area contributed by atoms with Gasteiger partial charge in [-0.05, 0) is 29.9 Å². The second-order valence-corrected chi connectivity index (χ2v) is 8.80. The van der Waals surface area contributed by atoms with Crippen molar-refractivity contribution in [3.63, 3.8) is 0 Å². The van der Waals surface area contributed by atoms with E-state index in [2.05, 4.69) is 18.6 Å². The molecule has 0 amide bonds. The van der Waals surface area contributed by atoms with Gasteiger partial charge in [-0.1, -0.05) is 63.9 Å². The van der Waals surface area contributed by atoms with E-state index >= 15 is 0 Å². The standard InChI is InChI=1S/C19H20N2O3S.C4H8O/c1-10(2)11-7-8-12-15(9-11)24-19(23)13-5-4-6-14(20)16(13)17(22)18(12,19)21-25-3;1-4(2)3-5/h4-10,21,23H,20H2,1-3H3;3-4H,1-2H3. The Balaban J connectivity index is 0.000000461. The van der Waals surface area contributed by atoms with E-state index in [0.29, 0.717) is 34.0 Å². The third-order valence-corrected chi connectivity index (χ3v) is 5.91. The molecule has 6 nitrogen and oxygen atoms in total. The minimum absolute atomic E-state index is 0.204. The fourth-order valence-corrected chi connectivity index (χ4v) is 4.51. The molecule has 0 bridgehead atoms. The van der Waals surface area contributed by atoms with Crippen molar-refractivity contribution in [2.75, 3.05) is 12.0 Å². The Bertz CT molecular complexity index is 991. The lowest BCUT2D eigenvalue weighted by atomic mass is 9.83. The van der Waals surface area contributed by atoms with Crippen LogP contribution in [0.4, 0.5) is 5.69 Å². The maximum Gasteiger partial charge on any atom is 0.266 e. The second-order valence-electron chi connectivity index (χ2n) is 8.19. The number of ether oxygens (including phenoxy) is 1. The average Bonchev–Trinajstić information content (AvgIpc) is 3.06. The first-order chi connectivity index (χ1) is 14.1. The maximum atomic E-state index is 13.4. The molecule has 0 aromatic heterocycles. The highest BCUT2D eigenvalue weighted by Crippen LogP contribution is 2.59. The van der Waals surface area contributed by atoms with E-state index in [1.807, 2.05) is 38.3 Å². The summed E-state index contributed by atoms with van der Waals surface area (Å²) >= 11 is 1.27. The second kappa shape index (κ2) is 8.06. The van der Waals surface area contributed by atoms with E-state index in [1.54, 1.807) is 18.2 Å². The van der Waals surface area contributed by atoms with Crippen LogP contribution in [0.5, 0.6) is 5.75 Å². The summed E-state index contributed by atoms with van der Waals surface area (Å²) in [4.78, 5) is 22.9. The maximum absolute atomic E-state index is 13.4. The Morgan fingerprint density at radius 2 is 1.83 bits per heavy atom. The number of hydrogen-bond donors (Lipinski definition) is 3. The van der Waals surface area contributed by atoms with Crippen LogP contribution in [0.1, 0.15) is 60.7 Å². The van der Waals surface area contributed by atoms with Crippen molar-refractivity contribution in [2.45, 2.75) is 44.9 Å². The number of aliphatic hydroxyl groups is 1. The van der Waals surface area contributed by atoms with Crippen LogP contribution in [0.3, 0.4) is 0 Å². The SMILES string of the molecule is CC(C)C=O.CSNC12C(=O)c3c(N)cccc3C1(O)Oc1cc(C(C)C)ccc12. The molecule has 1 aliphatic heterocycles. The molecule has 4 rings (SSSR count). The van der Waals surface area contributed by atoms with Gasteiger partial charge >= 0.3 is 0 Å². The number of benzene rings is 2. The zero-order chi connectivity index (χ0) is 22.3. The fraction of sp³-hybridized carbons (Fsp3) is 0.391. The summed E-state index contributed by atoms with van der Waals surface area (Å²) in [5.74, 6) is -1.05. The van der Waals surface area contributed by atoms with Gasteiger partial charge in [0, 0.05) is 22.7 Å². The van der Waals surface area contributed by atoms with Gasteiger partial charge in [-0.3, -0.25) is 4.79 Å². The predicted octanol–water partition coefficient (Wildman–Crippen LogP) is 3.73. The molecule has 1 heterocycles. The lowest BCUT2D eigenvalue weighted by Gasteiger charge is -2.33. The molecule has 160 valence electrons. The smallest absolute Gasteiger partial charge is 0.266 e. The van der Waals surface area contributed by atoms with Gasteiger partial charge in [0.2, 0.25) is 0 Å². The van der Waals surface area contributed by atoms with Crippen LogP contribution >= 0.6 is 11.9 Å². The number of anilines is 1. The minimum Gasteiger partial charge on any atom is -0.455 e. The van der Waals surface area contributed by atoms with Gasteiger partial charge in [0.15, 0.2) is 11.3 Å². The molecular weight excluding hydrogens is 400 g/mol. The molecule has 0 saturated carbocycles. The van der Waals surface area contributed by atoms with Crippen LogP contribution in [0.15, 0.2) is 36.4 Å². The third kappa shape index (κ3) is 3.12. The first-order valence-electron chi connectivity index (χ1n) is 9.89. The molecule has 0 spiro atoms. The number of nitrogens with one attached hydrogen (secondary N) is 1. The predicted molar refractivity (Wildman–Crippen MR) is 119 cm³/mol. The number of aldehydes is 1. The van der Waals surface area contributed by atoms with Crippen LogP contribution in [0, 0.1) is 5.92 Å². The van der Waals surface area contributed by atoms with E-state index in [9.17, 15) is 14.7 Å². The van der Waals surface area contributed by atoms with Crippen molar-refractivity contribution >= 4 is 29.7 Å². The van der Waals surface area contributed by atoms with Crippen molar-refractivity contribution in [2.24, 2.45) is 5.92 Å². The van der Waals surface area contributed by atoms with E-state index < -0.39 is 11.3 Å². The van der Waals surface area contributed by atoms with Crippen LogP contribution in [-0.2, 0) is 16.1 Å². The molecule has 2 atom stereocenters. The highest BCUT2D eigenvalue weighted by Gasteiger charge is 2.71. The summed E-state index contributed by atoms with van der Waals surface area (Å²) < 4.78 is 9.15. The van der Waals surface area contributed by atoms with Crippen LogP contribution < -0.4 is 15.2 Å². The van der Waals surface area contributed by atoms with Gasteiger partial charge in [0.1, 0.15) is 12.0 Å². The van der Waals surface area contributed by atoms with Gasteiger partial charge in [-0.2, -0.15) is 0 Å². The average molecular weight is 429 g/mol. The summed E-state index contributed by atoms with van der Waals surface area (Å²) in [6.45, 7) is 7.88. The Kier molecular flexibility index (Phi) is 6.00. The van der Waals surface area contributed by atoms with Crippen molar-refractivity contribution in [3.8, 4) is 5.75 Å². The number of hydrogen-bond acceptors (Lipinski definition) is 7. The third-order valence-electron chi connectivity index (χ3n) is 5.40. The Morgan fingerprint density at radius 3 is 2.40 bits per heavy atom. The molecule has 2 aromatic rings. The van der Waals surface area contributed by atoms with Crippen molar-refractivity contribution in [1.29, 1.82) is 0 Å². The van der Waals surface area contributed by atoms with Crippen LogP contribution in [0.2, 0.25) is 0 Å². The zero-order valence-corrected chi connectivity index (χ0v) is 18.7. The first-order valence-corrected chi connectivity index (χ1v) is 11.1. The summed E-state index contributed by atoms with van der Waals surface area (Å²) in [7, 11) is 0. The number of nitrogens with two attached hydrogens (primary N) is 1. The molecule has 7 heteroatoms. The Labute approximate surface area is 181 Å². The van der Waals surface area contributed by atoms with E-state index in [4.69, 9.17) is 10.5 Å². The molecule has 2 aliphatic rings. The summed E-state index contributed by atoms with van der Waals surface area (Å²) in [5, 5.41) is 11.5. The van der Waals surface area contributed by atoms with Crippen molar-refractivity contribution in [3.05, 3.63) is 58.7 Å². The Morgan fingerprint density at radius 1 is 1.17 bits per heavy atom.